The third-order valence-electron chi connectivity index (χ3n) is 4.54. The quantitative estimate of drug-likeness (QED) is 0.717. The van der Waals surface area contributed by atoms with Crippen LogP contribution in [-0.2, 0) is 4.79 Å². The molecule has 2 saturated heterocycles. The van der Waals surface area contributed by atoms with Crippen LogP contribution in [-0.4, -0.2) is 48.6 Å². The number of unbranched alkanes of at least 4 members (excludes halogenated alkanes) is 1. The Labute approximate surface area is 117 Å². The van der Waals surface area contributed by atoms with E-state index in [4.69, 9.17) is 0 Å². The number of amides is 1. The molecule has 2 heterocycles. The molecule has 4 heteroatoms. The van der Waals surface area contributed by atoms with Crippen molar-refractivity contribution in [3.05, 3.63) is 0 Å². The number of nitrogens with zero attached hydrogens (tertiary/aromatic N) is 1. The van der Waals surface area contributed by atoms with Crippen molar-refractivity contribution in [3.8, 4) is 0 Å². The minimum atomic E-state index is -0.0660. The minimum absolute atomic E-state index is 0.0660. The van der Waals surface area contributed by atoms with Gasteiger partial charge in [0.2, 0.25) is 5.91 Å². The molecule has 4 nitrogen and oxygen atoms in total. The summed E-state index contributed by atoms with van der Waals surface area (Å²) in [5, 5.41) is 6.57. The molecule has 0 radical (unpaired) electrons. The molecule has 3 atom stereocenters. The molecule has 0 saturated carbocycles. The molecule has 19 heavy (non-hydrogen) atoms. The summed E-state index contributed by atoms with van der Waals surface area (Å²) in [7, 11) is 0. The lowest BCUT2D eigenvalue weighted by Crippen LogP contribution is -2.51. The van der Waals surface area contributed by atoms with Crippen LogP contribution in [0.2, 0.25) is 0 Å². The second-order valence-corrected chi connectivity index (χ2v) is 6.03. The summed E-state index contributed by atoms with van der Waals surface area (Å²) < 4.78 is 0. The lowest BCUT2D eigenvalue weighted by molar-refractivity contribution is -0.123. The Morgan fingerprint density at radius 3 is 2.95 bits per heavy atom. The SMILES string of the molecule is CCCCNC(=O)C(C)NC1CCN2CCCCC12. The van der Waals surface area contributed by atoms with Crippen LogP contribution in [0.25, 0.3) is 0 Å². The van der Waals surface area contributed by atoms with Crippen molar-refractivity contribution in [2.24, 2.45) is 0 Å². The van der Waals surface area contributed by atoms with Gasteiger partial charge in [0.05, 0.1) is 6.04 Å². The van der Waals surface area contributed by atoms with Gasteiger partial charge in [0.25, 0.3) is 0 Å². The van der Waals surface area contributed by atoms with Gasteiger partial charge in [-0.1, -0.05) is 19.8 Å². The standard InChI is InChI=1S/C15H29N3O/c1-3-4-9-16-15(19)12(2)17-13-8-11-18-10-6-5-7-14(13)18/h12-14,17H,3-11H2,1-2H3,(H,16,19). The van der Waals surface area contributed by atoms with Gasteiger partial charge in [-0.15, -0.1) is 0 Å². The molecule has 0 aliphatic carbocycles. The van der Waals surface area contributed by atoms with E-state index in [0.717, 1.165) is 19.4 Å². The number of nitrogens with one attached hydrogen (secondary N) is 2. The van der Waals surface area contributed by atoms with Gasteiger partial charge < -0.3 is 10.6 Å². The van der Waals surface area contributed by atoms with E-state index in [2.05, 4.69) is 22.5 Å². The number of carbonyl (C=O) groups is 1. The van der Waals surface area contributed by atoms with Gasteiger partial charge in [-0.05, 0) is 39.2 Å². The average Bonchev–Trinajstić information content (AvgIpc) is 2.82. The fourth-order valence-corrected chi connectivity index (χ4v) is 3.38. The first-order chi connectivity index (χ1) is 9.22. The van der Waals surface area contributed by atoms with E-state index in [9.17, 15) is 4.79 Å². The molecular formula is C15H29N3O. The molecule has 2 fully saturated rings. The van der Waals surface area contributed by atoms with E-state index in [1.54, 1.807) is 0 Å². The summed E-state index contributed by atoms with van der Waals surface area (Å²) in [5.41, 5.74) is 0. The first-order valence-electron chi connectivity index (χ1n) is 8.00. The molecule has 0 spiro atoms. The first-order valence-corrected chi connectivity index (χ1v) is 8.00. The van der Waals surface area contributed by atoms with Crippen molar-refractivity contribution in [1.82, 2.24) is 15.5 Å². The van der Waals surface area contributed by atoms with E-state index in [1.807, 2.05) is 6.92 Å². The number of carbonyl (C=O) groups excluding carboxylic acids is 1. The fourth-order valence-electron chi connectivity index (χ4n) is 3.38. The van der Waals surface area contributed by atoms with E-state index in [1.165, 1.54) is 38.8 Å². The molecule has 0 aromatic rings. The third kappa shape index (κ3) is 3.93. The smallest absolute Gasteiger partial charge is 0.236 e. The van der Waals surface area contributed by atoms with Gasteiger partial charge in [-0.3, -0.25) is 9.69 Å². The molecule has 2 aliphatic heterocycles. The highest BCUT2D eigenvalue weighted by Gasteiger charge is 2.36. The highest BCUT2D eigenvalue weighted by atomic mass is 16.2. The van der Waals surface area contributed by atoms with Gasteiger partial charge in [-0.2, -0.15) is 0 Å². The third-order valence-corrected chi connectivity index (χ3v) is 4.54. The number of hydrogen-bond acceptors (Lipinski definition) is 3. The van der Waals surface area contributed by atoms with Crippen molar-refractivity contribution >= 4 is 5.91 Å². The second-order valence-electron chi connectivity index (χ2n) is 6.03. The van der Waals surface area contributed by atoms with Crippen LogP contribution in [0.1, 0.15) is 52.4 Å². The Morgan fingerprint density at radius 1 is 1.32 bits per heavy atom. The van der Waals surface area contributed by atoms with E-state index in [0.29, 0.717) is 12.1 Å². The van der Waals surface area contributed by atoms with Gasteiger partial charge in [0.15, 0.2) is 0 Å². The molecule has 3 unspecified atom stereocenters. The van der Waals surface area contributed by atoms with Crippen LogP contribution >= 0.6 is 0 Å². The predicted octanol–water partition coefficient (Wildman–Crippen LogP) is 1.51. The lowest BCUT2D eigenvalue weighted by Gasteiger charge is -2.33. The Balaban J connectivity index is 1.75. The number of rotatable bonds is 6. The first kappa shape index (κ1) is 14.8. The van der Waals surface area contributed by atoms with Crippen LogP contribution in [0.5, 0.6) is 0 Å². The highest BCUT2D eigenvalue weighted by Crippen LogP contribution is 2.27. The van der Waals surface area contributed by atoms with Crippen LogP contribution in [0.3, 0.4) is 0 Å². The average molecular weight is 267 g/mol. The van der Waals surface area contributed by atoms with Gasteiger partial charge in [-0.25, -0.2) is 0 Å². The maximum Gasteiger partial charge on any atom is 0.236 e. The summed E-state index contributed by atoms with van der Waals surface area (Å²) in [6, 6.07) is 1.11. The van der Waals surface area contributed by atoms with Crippen molar-refractivity contribution < 1.29 is 4.79 Å². The zero-order valence-electron chi connectivity index (χ0n) is 12.5. The maximum absolute atomic E-state index is 12.0. The fraction of sp³-hybridized carbons (Fsp3) is 0.933. The van der Waals surface area contributed by atoms with Gasteiger partial charge in [0, 0.05) is 25.2 Å². The maximum atomic E-state index is 12.0. The summed E-state index contributed by atoms with van der Waals surface area (Å²) in [5.74, 6) is 0.155. The zero-order chi connectivity index (χ0) is 13.7. The zero-order valence-corrected chi connectivity index (χ0v) is 12.5. The lowest BCUT2D eigenvalue weighted by atomic mass is 9.98. The monoisotopic (exact) mass is 267 g/mol. The molecule has 0 aromatic carbocycles. The summed E-state index contributed by atoms with van der Waals surface area (Å²) >= 11 is 0. The van der Waals surface area contributed by atoms with Crippen LogP contribution < -0.4 is 10.6 Å². The highest BCUT2D eigenvalue weighted by molar-refractivity contribution is 5.81. The van der Waals surface area contributed by atoms with Crippen LogP contribution in [0.4, 0.5) is 0 Å². The molecule has 1 amide bonds. The minimum Gasteiger partial charge on any atom is -0.355 e. The Bertz CT molecular complexity index is 295. The molecular weight excluding hydrogens is 238 g/mol. The van der Waals surface area contributed by atoms with Crippen LogP contribution in [0.15, 0.2) is 0 Å². The van der Waals surface area contributed by atoms with Gasteiger partial charge in [0.1, 0.15) is 0 Å². The Hall–Kier alpha value is -0.610. The topological polar surface area (TPSA) is 44.4 Å². The Kier molecular flexibility index (Phi) is 5.64. The van der Waals surface area contributed by atoms with Crippen molar-refractivity contribution in [1.29, 1.82) is 0 Å². The van der Waals surface area contributed by atoms with Crippen molar-refractivity contribution in [2.75, 3.05) is 19.6 Å². The molecule has 2 N–H and O–H groups in total. The summed E-state index contributed by atoms with van der Waals surface area (Å²) in [6.45, 7) is 7.39. The largest absolute Gasteiger partial charge is 0.355 e. The molecule has 0 bridgehead atoms. The number of hydrogen-bond donors (Lipinski definition) is 2. The summed E-state index contributed by atoms with van der Waals surface area (Å²) in [6.07, 6.45) is 7.37. The number of fused-ring (bicyclic) bond motifs is 1. The summed E-state index contributed by atoms with van der Waals surface area (Å²) in [4.78, 5) is 14.6. The normalized spacial score (nSPS) is 28.9. The molecule has 2 aliphatic rings. The number of piperidine rings is 1. The van der Waals surface area contributed by atoms with E-state index >= 15 is 0 Å². The van der Waals surface area contributed by atoms with E-state index in [-0.39, 0.29) is 11.9 Å². The molecule has 0 aromatic heterocycles. The second kappa shape index (κ2) is 7.25. The predicted molar refractivity (Wildman–Crippen MR) is 78.1 cm³/mol. The Morgan fingerprint density at radius 2 is 2.16 bits per heavy atom. The van der Waals surface area contributed by atoms with E-state index < -0.39 is 0 Å². The van der Waals surface area contributed by atoms with Gasteiger partial charge >= 0.3 is 0 Å². The van der Waals surface area contributed by atoms with Crippen molar-refractivity contribution in [2.45, 2.75) is 70.5 Å². The van der Waals surface area contributed by atoms with Crippen molar-refractivity contribution in [3.63, 3.8) is 0 Å². The molecule has 110 valence electrons. The molecule has 2 rings (SSSR count). The van der Waals surface area contributed by atoms with Crippen LogP contribution in [0, 0.1) is 0 Å².